The molecule has 0 heterocycles. The van der Waals surface area contributed by atoms with Crippen LogP contribution in [0.3, 0.4) is 0 Å². The first-order valence-electron chi connectivity index (χ1n) is 11.2. The van der Waals surface area contributed by atoms with Crippen LogP contribution in [-0.4, -0.2) is 43.7 Å². The summed E-state index contributed by atoms with van der Waals surface area (Å²) in [5.74, 6) is 0. The molecule has 0 aromatic heterocycles. The molecular weight excluding hydrogens is 428 g/mol. The molecule has 1 atom stereocenters. The Bertz CT molecular complexity index is 773. The Morgan fingerprint density at radius 1 is 0.719 bits per heavy atom. The second-order valence-electron chi connectivity index (χ2n) is 7.81. The number of aliphatic hydroxyl groups excluding tert-OH is 1. The van der Waals surface area contributed by atoms with Crippen LogP contribution in [0.25, 0.3) is 0 Å². The second kappa shape index (κ2) is 17.7. The van der Waals surface area contributed by atoms with Gasteiger partial charge in [0.05, 0.1) is 25.6 Å². The number of benzene rings is 2. The molecule has 0 bridgehead atoms. The summed E-state index contributed by atoms with van der Waals surface area (Å²) in [6.07, 6.45) is 7.59. The summed E-state index contributed by atoms with van der Waals surface area (Å²) in [5, 5.41) is 10.1. The molecule has 32 heavy (non-hydrogen) atoms. The lowest BCUT2D eigenvalue weighted by atomic mass is 10.1. The Morgan fingerprint density at radius 2 is 1.09 bits per heavy atom. The highest BCUT2D eigenvalue weighted by molar-refractivity contribution is 7.85. The maximum absolute atomic E-state index is 10.1. The summed E-state index contributed by atoms with van der Waals surface area (Å²) in [5.41, 5.74) is 2.44. The van der Waals surface area contributed by atoms with Gasteiger partial charge in [-0.05, 0) is 43.2 Å². The fourth-order valence-corrected chi connectivity index (χ4v) is 3.02. The maximum Gasteiger partial charge on any atom is 0.261 e. The van der Waals surface area contributed by atoms with Gasteiger partial charge < -0.3 is 14.6 Å². The van der Waals surface area contributed by atoms with E-state index in [1.807, 2.05) is 36.4 Å². The summed E-state index contributed by atoms with van der Waals surface area (Å²) in [6, 6.07) is 20.5. The molecule has 1 unspecified atom stereocenters. The van der Waals surface area contributed by atoms with Crippen LogP contribution in [0.1, 0.15) is 56.1 Å². The van der Waals surface area contributed by atoms with Crippen LogP contribution in [0.15, 0.2) is 60.7 Å². The lowest BCUT2D eigenvalue weighted by molar-refractivity contribution is 0.105. The number of rotatable bonds is 15. The standard InChI is InChI=1S/C24H34O3.CH4O3S/c25-24(17-9-11-19-27-21-23-14-6-2-7-15-23)16-8-3-10-18-26-20-22-12-4-1-5-13-22;1-5(2,3)4/h1-2,4-7,12-15,24-25H,3,8-11,16-21H2;1H3,(H,2,3,4). The van der Waals surface area contributed by atoms with Gasteiger partial charge in [-0.15, -0.1) is 0 Å². The third-order valence-corrected chi connectivity index (χ3v) is 4.63. The van der Waals surface area contributed by atoms with Crippen LogP contribution in [0.2, 0.25) is 0 Å². The van der Waals surface area contributed by atoms with Crippen LogP contribution in [0.4, 0.5) is 0 Å². The van der Waals surface area contributed by atoms with Gasteiger partial charge in [0.1, 0.15) is 0 Å². The quantitative estimate of drug-likeness (QED) is 0.283. The highest BCUT2D eigenvalue weighted by Crippen LogP contribution is 2.11. The van der Waals surface area contributed by atoms with Gasteiger partial charge in [-0.3, -0.25) is 4.55 Å². The topological polar surface area (TPSA) is 93.1 Å². The molecule has 0 fully saturated rings. The van der Waals surface area contributed by atoms with Crippen molar-refractivity contribution in [3.63, 3.8) is 0 Å². The molecule has 0 aliphatic rings. The minimum atomic E-state index is -3.67. The molecular formula is C25H38O6S. The van der Waals surface area contributed by atoms with E-state index in [1.165, 1.54) is 11.1 Å². The predicted molar refractivity (Wildman–Crippen MR) is 128 cm³/mol. The van der Waals surface area contributed by atoms with Crippen molar-refractivity contribution in [3.05, 3.63) is 71.8 Å². The number of unbranched alkanes of at least 4 members (excludes halogenated alkanes) is 3. The van der Waals surface area contributed by atoms with Crippen molar-refractivity contribution in [1.82, 2.24) is 0 Å². The van der Waals surface area contributed by atoms with Crippen molar-refractivity contribution in [3.8, 4) is 0 Å². The van der Waals surface area contributed by atoms with Crippen molar-refractivity contribution in [2.24, 2.45) is 0 Å². The highest BCUT2D eigenvalue weighted by Gasteiger charge is 2.04. The van der Waals surface area contributed by atoms with Gasteiger partial charge in [0.15, 0.2) is 0 Å². The molecule has 0 saturated carbocycles. The van der Waals surface area contributed by atoms with Crippen LogP contribution in [0.5, 0.6) is 0 Å². The summed E-state index contributed by atoms with van der Waals surface area (Å²) in [7, 11) is -3.67. The second-order valence-corrected chi connectivity index (χ2v) is 9.27. The molecule has 6 nitrogen and oxygen atoms in total. The van der Waals surface area contributed by atoms with Gasteiger partial charge in [0, 0.05) is 13.2 Å². The minimum Gasteiger partial charge on any atom is -0.393 e. The molecule has 0 radical (unpaired) electrons. The largest absolute Gasteiger partial charge is 0.393 e. The van der Waals surface area contributed by atoms with Gasteiger partial charge in [0.25, 0.3) is 10.1 Å². The molecule has 2 aromatic carbocycles. The van der Waals surface area contributed by atoms with E-state index >= 15 is 0 Å². The van der Waals surface area contributed by atoms with E-state index in [0.717, 1.165) is 58.2 Å². The van der Waals surface area contributed by atoms with E-state index in [-0.39, 0.29) is 6.10 Å². The first kappa shape index (κ1) is 28.3. The normalized spacial score (nSPS) is 12.1. The first-order valence-corrected chi connectivity index (χ1v) is 13.0. The number of aliphatic hydroxyl groups is 1. The molecule has 2 aromatic rings. The van der Waals surface area contributed by atoms with Gasteiger partial charge in [-0.1, -0.05) is 73.5 Å². The predicted octanol–water partition coefficient (Wildman–Crippen LogP) is 5.02. The molecule has 2 rings (SSSR count). The minimum absolute atomic E-state index is 0.177. The molecule has 0 saturated heterocycles. The third-order valence-electron chi connectivity index (χ3n) is 4.63. The van der Waals surface area contributed by atoms with E-state index in [0.29, 0.717) is 19.5 Å². The van der Waals surface area contributed by atoms with E-state index < -0.39 is 10.1 Å². The SMILES string of the molecule is CS(=O)(=O)O.OC(CCCCCOCc1ccccc1)CCCCOCc1ccccc1. The van der Waals surface area contributed by atoms with Crippen LogP contribution >= 0.6 is 0 Å². The fourth-order valence-electron chi connectivity index (χ4n) is 3.02. The highest BCUT2D eigenvalue weighted by atomic mass is 32.2. The smallest absolute Gasteiger partial charge is 0.261 e. The van der Waals surface area contributed by atoms with Crippen molar-refractivity contribution in [1.29, 1.82) is 0 Å². The van der Waals surface area contributed by atoms with E-state index in [1.54, 1.807) is 0 Å². The molecule has 2 N–H and O–H groups in total. The maximum atomic E-state index is 10.1. The Kier molecular flexibility index (Phi) is 15.7. The third kappa shape index (κ3) is 19.0. The number of ether oxygens (including phenoxy) is 2. The molecule has 180 valence electrons. The zero-order chi connectivity index (χ0) is 23.5. The Morgan fingerprint density at radius 3 is 1.53 bits per heavy atom. The summed E-state index contributed by atoms with van der Waals surface area (Å²) < 4.78 is 37.2. The van der Waals surface area contributed by atoms with Crippen molar-refractivity contribution in [2.75, 3.05) is 19.5 Å². The average molecular weight is 467 g/mol. The Hall–Kier alpha value is -1.77. The molecule has 0 aliphatic heterocycles. The molecule has 0 amide bonds. The lowest BCUT2D eigenvalue weighted by Gasteiger charge is -2.10. The van der Waals surface area contributed by atoms with Crippen LogP contribution < -0.4 is 0 Å². The van der Waals surface area contributed by atoms with E-state index in [9.17, 15) is 13.5 Å². The average Bonchev–Trinajstić information content (AvgIpc) is 2.76. The fraction of sp³-hybridized carbons (Fsp3) is 0.520. The van der Waals surface area contributed by atoms with E-state index in [2.05, 4.69) is 24.3 Å². The molecule has 7 heteroatoms. The summed E-state index contributed by atoms with van der Waals surface area (Å²) >= 11 is 0. The van der Waals surface area contributed by atoms with Gasteiger partial charge in [0.2, 0.25) is 0 Å². The zero-order valence-electron chi connectivity index (χ0n) is 19.1. The van der Waals surface area contributed by atoms with Crippen molar-refractivity contribution < 1.29 is 27.6 Å². The Balaban J connectivity index is 0.000000920. The number of hydrogen-bond acceptors (Lipinski definition) is 5. The van der Waals surface area contributed by atoms with Crippen LogP contribution in [0, 0.1) is 0 Å². The lowest BCUT2D eigenvalue weighted by Crippen LogP contribution is -2.07. The Labute approximate surface area is 193 Å². The van der Waals surface area contributed by atoms with E-state index in [4.69, 9.17) is 14.0 Å². The van der Waals surface area contributed by atoms with Crippen LogP contribution in [-0.2, 0) is 32.8 Å². The van der Waals surface area contributed by atoms with Crippen molar-refractivity contribution in [2.45, 2.75) is 64.3 Å². The monoisotopic (exact) mass is 466 g/mol. The zero-order valence-corrected chi connectivity index (χ0v) is 19.9. The molecule has 0 aliphatic carbocycles. The summed E-state index contributed by atoms with van der Waals surface area (Å²) in [6.45, 7) is 2.93. The molecule has 0 spiro atoms. The number of hydrogen-bond donors (Lipinski definition) is 2. The van der Waals surface area contributed by atoms with Gasteiger partial charge >= 0.3 is 0 Å². The van der Waals surface area contributed by atoms with Gasteiger partial charge in [-0.25, -0.2) is 0 Å². The first-order chi connectivity index (χ1) is 15.3. The summed E-state index contributed by atoms with van der Waals surface area (Å²) in [4.78, 5) is 0. The van der Waals surface area contributed by atoms with Crippen molar-refractivity contribution >= 4 is 10.1 Å². The van der Waals surface area contributed by atoms with Gasteiger partial charge in [-0.2, -0.15) is 8.42 Å².